The summed E-state index contributed by atoms with van der Waals surface area (Å²) in [7, 11) is 0. The molecule has 5 nitrogen and oxygen atoms in total. The van der Waals surface area contributed by atoms with Gasteiger partial charge in [-0.05, 0) is 30.4 Å². The van der Waals surface area contributed by atoms with Gasteiger partial charge in [-0.1, -0.05) is 32.9 Å². The van der Waals surface area contributed by atoms with Crippen LogP contribution in [0.15, 0.2) is 30.5 Å². The van der Waals surface area contributed by atoms with E-state index in [1.165, 1.54) is 27.8 Å². The highest BCUT2D eigenvalue weighted by atomic mass is 19.4. The smallest absolute Gasteiger partial charge is 0.420 e. The molecule has 1 aliphatic heterocycles. The summed E-state index contributed by atoms with van der Waals surface area (Å²) in [5.41, 5.74) is -2.13. The third kappa shape index (κ3) is 3.15. The number of rotatable bonds is 2. The van der Waals surface area contributed by atoms with Crippen LogP contribution in [0.1, 0.15) is 45.2 Å². The molecule has 0 radical (unpaired) electrons. The topological polar surface area (TPSA) is 58.4 Å². The average Bonchev–Trinajstić information content (AvgIpc) is 2.96. The fraction of sp³-hybridized carbons (Fsp3) is 0.524. The van der Waals surface area contributed by atoms with Gasteiger partial charge in [0.2, 0.25) is 0 Å². The number of carboxylic acid groups (broad SMARTS) is 1. The molecule has 1 unspecified atom stereocenters. The van der Waals surface area contributed by atoms with Crippen LogP contribution < -0.4 is 0 Å². The molecule has 162 valence electrons. The van der Waals surface area contributed by atoms with Gasteiger partial charge in [-0.3, -0.25) is 4.68 Å². The van der Waals surface area contributed by atoms with Crippen LogP contribution in [-0.2, 0) is 6.18 Å². The Morgan fingerprint density at radius 2 is 1.83 bits per heavy atom. The van der Waals surface area contributed by atoms with Crippen LogP contribution in [0.2, 0.25) is 0 Å². The first kappa shape index (κ1) is 20.7. The van der Waals surface area contributed by atoms with E-state index in [1.54, 1.807) is 0 Å². The lowest BCUT2D eigenvalue weighted by molar-refractivity contribution is -0.170. The lowest BCUT2D eigenvalue weighted by atomic mass is 9.50. The Morgan fingerprint density at radius 3 is 2.37 bits per heavy atom. The van der Waals surface area contributed by atoms with Crippen molar-refractivity contribution in [3.8, 4) is 11.3 Å². The summed E-state index contributed by atoms with van der Waals surface area (Å²) < 4.78 is 56.3. The minimum absolute atomic E-state index is 0.189. The normalized spacial score (nSPS) is 26.4. The van der Waals surface area contributed by atoms with Crippen molar-refractivity contribution in [1.29, 1.82) is 0 Å². The van der Waals surface area contributed by atoms with E-state index < -0.39 is 29.3 Å². The highest BCUT2D eigenvalue weighted by molar-refractivity contribution is 5.68. The summed E-state index contributed by atoms with van der Waals surface area (Å²) in [4.78, 5) is 12.9. The lowest BCUT2D eigenvalue weighted by Crippen LogP contribution is -2.74. The van der Waals surface area contributed by atoms with Crippen molar-refractivity contribution < 1.29 is 27.5 Å². The Morgan fingerprint density at radius 1 is 1.20 bits per heavy atom. The zero-order valence-electron chi connectivity index (χ0n) is 16.9. The van der Waals surface area contributed by atoms with E-state index in [2.05, 4.69) is 5.10 Å². The van der Waals surface area contributed by atoms with E-state index in [-0.39, 0.29) is 28.5 Å². The van der Waals surface area contributed by atoms with Gasteiger partial charge in [-0.25, -0.2) is 9.18 Å². The fourth-order valence-electron chi connectivity index (χ4n) is 5.36. The molecule has 2 fully saturated rings. The minimum Gasteiger partial charge on any atom is -0.465 e. The molecule has 1 atom stereocenters. The molecule has 30 heavy (non-hydrogen) atoms. The van der Waals surface area contributed by atoms with Crippen molar-refractivity contribution in [2.45, 2.75) is 51.9 Å². The number of alkyl halides is 3. The van der Waals surface area contributed by atoms with Crippen LogP contribution in [-0.4, -0.2) is 38.5 Å². The summed E-state index contributed by atoms with van der Waals surface area (Å²) in [5, 5.41) is 13.6. The van der Waals surface area contributed by atoms with Crippen molar-refractivity contribution >= 4 is 6.09 Å². The van der Waals surface area contributed by atoms with Gasteiger partial charge < -0.3 is 10.0 Å². The van der Waals surface area contributed by atoms with Crippen LogP contribution in [0.3, 0.4) is 0 Å². The molecule has 0 bridgehead atoms. The van der Waals surface area contributed by atoms with Gasteiger partial charge in [0.05, 0.1) is 6.04 Å². The predicted molar refractivity (Wildman–Crippen MR) is 101 cm³/mol. The Kier molecular flexibility index (Phi) is 4.45. The number of benzene rings is 1. The molecular formula is C21H23F4N3O2. The monoisotopic (exact) mass is 425 g/mol. The maximum Gasteiger partial charge on any atom is 0.420 e. The third-order valence-corrected chi connectivity index (χ3v) is 6.27. The zero-order valence-corrected chi connectivity index (χ0v) is 16.9. The van der Waals surface area contributed by atoms with E-state index >= 15 is 0 Å². The van der Waals surface area contributed by atoms with E-state index in [9.17, 15) is 27.5 Å². The number of halogens is 4. The summed E-state index contributed by atoms with van der Waals surface area (Å²) in [5.74, 6) is -0.762. The molecule has 1 aromatic heterocycles. The van der Waals surface area contributed by atoms with Gasteiger partial charge in [-0.2, -0.15) is 18.3 Å². The molecule has 1 aliphatic carbocycles. The Hall–Kier alpha value is -2.58. The fourth-order valence-corrected chi connectivity index (χ4v) is 5.36. The first-order valence-electron chi connectivity index (χ1n) is 9.74. The quantitative estimate of drug-likeness (QED) is 0.652. The number of hydrogen-bond donors (Lipinski definition) is 1. The largest absolute Gasteiger partial charge is 0.465 e. The number of likely N-dealkylation sites (tertiary alicyclic amines) is 1. The van der Waals surface area contributed by atoms with Crippen molar-refractivity contribution in [2.24, 2.45) is 10.8 Å². The molecule has 1 spiro atoms. The second-order valence-corrected chi connectivity index (χ2v) is 9.45. The molecule has 1 aromatic carbocycles. The Balaban J connectivity index is 1.63. The van der Waals surface area contributed by atoms with Crippen molar-refractivity contribution in [1.82, 2.24) is 14.7 Å². The van der Waals surface area contributed by atoms with Crippen molar-refractivity contribution in [3.63, 3.8) is 0 Å². The highest BCUT2D eigenvalue weighted by Crippen LogP contribution is 2.62. The van der Waals surface area contributed by atoms with Gasteiger partial charge in [0.1, 0.15) is 17.1 Å². The van der Waals surface area contributed by atoms with Gasteiger partial charge in [0.25, 0.3) is 0 Å². The predicted octanol–water partition coefficient (Wildman–Crippen LogP) is 5.44. The van der Waals surface area contributed by atoms with Gasteiger partial charge in [0.15, 0.2) is 0 Å². The number of aromatic nitrogens is 2. The standard InChI is InChI=1S/C21H23F4N3O2/c1-19(2,3)17-20(11-27(17)18(29)30)8-12(9-20)28-10-14(21(23,24)25)16(26-28)13-6-4-5-7-15(13)22/h4-7,10,12,17H,8-9,11H2,1-3H3,(H,29,30). The maximum absolute atomic E-state index is 14.2. The number of hydrogen-bond acceptors (Lipinski definition) is 2. The Labute approximate surface area is 171 Å². The number of amides is 1. The second kappa shape index (κ2) is 6.46. The zero-order chi connectivity index (χ0) is 22.1. The summed E-state index contributed by atoms with van der Waals surface area (Å²) in [6.45, 7) is 6.27. The van der Waals surface area contributed by atoms with Crippen molar-refractivity contribution in [3.05, 3.63) is 41.8 Å². The van der Waals surface area contributed by atoms with E-state index in [1.807, 2.05) is 20.8 Å². The number of nitrogens with zero attached hydrogens (tertiary/aromatic N) is 3. The highest BCUT2D eigenvalue weighted by Gasteiger charge is 2.64. The van der Waals surface area contributed by atoms with Crippen LogP contribution in [0.25, 0.3) is 11.3 Å². The summed E-state index contributed by atoms with van der Waals surface area (Å²) in [6.07, 6.45) is -3.63. The molecule has 1 saturated carbocycles. The van der Waals surface area contributed by atoms with Crippen LogP contribution >= 0.6 is 0 Å². The van der Waals surface area contributed by atoms with E-state index in [4.69, 9.17) is 0 Å². The summed E-state index contributed by atoms with van der Waals surface area (Å²) in [6, 6.07) is 4.78. The average molecular weight is 425 g/mol. The molecule has 1 amide bonds. The lowest BCUT2D eigenvalue weighted by Gasteiger charge is -2.67. The minimum atomic E-state index is -4.66. The molecule has 9 heteroatoms. The molecule has 2 heterocycles. The second-order valence-electron chi connectivity index (χ2n) is 9.45. The van der Waals surface area contributed by atoms with Crippen LogP contribution in [0.5, 0.6) is 0 Å². The van der Waals surface area contributed by atoms with Crippen LogP contribution in [0, 0.1) is 16.6 Å². The van der Waals surface area contributed by atoms with Gasteiger partial charge in [0, 0.05) is 29.8 Å². The van der Waals surface area contributed by atoms with Crippen molar-refractivity contribution in [2.75, 3.05) is 6.54 Å². The van der Waals surface area contributed by atoms with Crippen LogP contribution in [0.4, 0.5) is 22.4 Å². The molecule has 4 rings (SSSR count). The maximum atomic E-state index is 14.2. The van der Waals surface area contributed by atoms with E-state index in [0.29, 0.717) is 19.4 Å². The van der Waals surface area contributed by atoms with E-state index in [0.717, 1.165) is 12.3 Å². The molecular weight excluding hydrogens is 402 g/mol. The molecule has 2 aliphatic rings. The Bertz CT molecular complexity index is 987. The SMILES string of the molecule is CC(C)(C)C1N(C(=O)O)CC12CC(n1cc(C(F)(F)F)c(-c3ccccc3F)n1)C2. The first-order valence-corrected chi connectivity index (χ1v) is 9.74. The number of carbonyl (C=O) groups is 1. The summed E-state index contributed by atoms with van der Waals surface area (Å²) >= 11 is 0. The molecule has 1 saturated heterocycles. The molecule has 2 aromatic rings. The van der Waals surface area contributed by atoms with Gasteiger partial charge >= 0.3 is 12.3 Å². The molecule has 1 N–H and O–H groups in total. The third-order valence-electron chi connectivity index (χ3n) is 6.27. The van der Waals surface area contributed by atoms with Gasteiger partial charge in [-0.15, -0.1) is 0 Å². The first-order chi connectivity index (χ1) is 13.8.